The molecule has 2 aromatic carbocycles. The van der Waals surface area contributed by atoms with Crippen LogP contribution >= 0.6 is 23.2 Å². The molecule has 0 aromatic heterocycles. The molecule has 3 rings (SSSR count). The molecule has 0 heterocycles. The summed E-state index contributed by atoms with van der Waals surface area (Å²) in [5, 5.41) is 3.77. The molecule has 1 N–H and O–H groups in total. The predicted octanol–water partition coefficient (Wildman–Crippen LogP) is 4.25. The quantitative estimate of drug-likeness (QED) is 0.422. The fraction of sp³-hybridized carbons (Fsp3) is 0.462. The number of sulfonamides is 1. The molecule has 38 heavy (non-hydrogen) atoms. The monoisotopic (exact) mass is 585 g/mol. The third-order valence-corrected chi connectivity index (χ3v) is 8.27. The van der Waals surface area contributed by atoms with Crippen molar-refractivity contribution in [2.45, 2.75) is 51.2 Å². The molecule has 208 valence electrons. The van der Waals surface area contributed by atoms with Gasteiger partial charge in [0.2, 0.25) is 21.8 Å². The summed E-state index contributed by atoms with van der Waals surface area (Å²) >= 11 is 12.4. The van der Waals surface area contributed by atoms with Crippen LogP contribution in [0.1, 0.15) is 38.2 Å². The number of nitrogens with zero attached hydrogens (tertiary/aromatic N) is 2. The molecule has 1 fully saturated rings. The topological polar surface area (TPSA) is 105 Å². The van der Waals surface area contributed by atoms with Crippen molar-refractivity contribution in [1.82, 2.24) is 10.2 Å². The maximum atomic E-state index is 13.8. The Balaban J connectivity index is 1.97. The number of benzene rings is 2. The summed E-state index contributed by atoms with van der Waals surface area (Å²) in [6, 6.07) is 8.66. The lowest BCUT2D eigenvalue weighted by molar-refractivity contribution is -0.139. The van der Waals surface area contributed by atoms with E-state index in [-0.39, 0.29) is 29.9 Å². The van der Waals surface area contributed by atoms with E-state index in [1.165, 1.54) is 25.2 Å². The smallest absolute Gasteiger partial charge is 0.244 e. The number of rotatable bonds is 11. The van der Waals surface area contributed by atoms with E-state index in [1.807, 2.05) is 0 Å². The summed E-state index contributed by atoms with van der Waals surface area (Å²) < 4.78 is 37.3. The molecule has 1 aliphatic carbocycles. The number of hydrogen-bond acceptors (Lipinski definition) is 6. The second-order valence-electron chi connectivity index (χ2n) is 9.23. The lowest BCUT2D eigenvalue weighted by atomic mass is 10.1. The lowest BCUT2D eigenvalue weighted by Crippen LogP contribution is -2.52. The Labute approximate surface area is 234 Å². The van der Waals surface area contributed by atoms with Gasteiger partial charge in [-0.1, -0.05) is 42.1 Å². The van der Waals surface area contributed by atoms with Gasteiger partial charge in [-0.05, 0) is 49.6 Å². The van der Waals surface area contributed by atoms with E-state index in [2.05, 4.69) is 5.32 Å². The van der Waals surface area contributed by atoms with E-state index >= 15 is 0 Å². The molecule has 9 nitrogen and oxygen atoms in total. The van der Waals surface area contributed by atoms with Crippen molar-refractivity contribution in [3.05, 3.63) is 52.0 Å². The number of anilines is 1. The first-order valence-electron chi connectivity index (χ1n) is 12.2. The SMILES string of the molecule is COc1ccc(OC)c(N(CC(=O)N(Cc2ccc(Cl)cc2Cl)[C@H](C)C(=O)NC2CCCC2)S(C)(=O)=O)c1. The number of halogens is 2. The minimum absolute atomic E-state index is 0.0268. The van der Waals surface area contributed by atoms with Gasteiger partial charge in [-0.2, -0.15) is 0 Å². The second-order valence-corrected chi connectivity index (χ2v) is 12.0. The Morgan fingerprint density at radius 3 is 2.34 bits per heavy atom. The van der Waals surface area contributed by atoms with Crippen molar-refractivity contribution in [1.29, 1.82) is 0 Å². The van der Waals surface area contributed by atoms with Crippen LogP contribution in [0.15, 0.2) is 36.4 Å². The van der Waals surface area contributed by atoms with Gasteiger partial charge < -0.3 is 19.7 Å². The van der Waals surface area contributed by atoms with E-state index < -0.39 is 28.5 Å². The minimum Gasteiger partial charge on any atom is -0.497 e. The van der Waals surface area contributed by atoms with Crippen molar-refractivity contribution < 1.29 is 27.5 Å². The second kappa shape index (κ2) is 12.9. The Bertz CT molecular complexity index is 1270. The van der Waals surface area contributed by atoms with Crippen LogP contribution in [0, 0.1) is 0 Å². The van der Waals surface area contributed by atoms with Crippen LogP contribution < -0.4 is 19.1 Å². The van der Waals surface area contributed by atoms with Crippen molar-refractivity contribution in [3.8, 4) is 11.5 Å². The molecule has 0 saturated heterocycles. The predicted molar refractivity (Wildman–Crippen MR) is 149 cm³/mol. The molecular formula is C26H33Cl2N3O6S. The molecular weight excluding hydrogens is 553 g/mol. The first kappa shape index (κ1) is 29.9. The highest BCUT2D eigenvalue weighted by Gasteiger charge is 2.32. The van der Waals surface area contributed by atoms with Crippen molar-refractivity contribution in [2.24, 2.45) is 0 Å². The summed E-state index contributed by atoms with van der Waals surface area (Å²) in [4.78, 5) is 28.3. The van der Waals surface area contributed by atoms with Crippen LogP contribution in [0.5, 0.6) is 11.5 Å². The third-order valence-electron chi connectivity index (χ3n) is 6.56. The standard InChI is InChI=1S/C26H33Cl2N3O6S/c1-17(26(33)29-20-7-5-6-8-20)30(15-18-9-10-19(27)13-22(18)28)25(32)16-31(38(4,34)35)23-14-21(36-2)11-12-24(23)37-3/h9-14,17,20H,5-8,15-16H2,1-4H3,(H,29,33)/t17-/m1/s1. The molecule has 0 bridgehead atoms. The molecule has 12 heteroatoms. The lowest BCUT2D eigenvalue weighted by Gasteiger charge is -2.32. The maximum Gasteiger partial charge on any atom is 0.244 e. The van der Waals surface area contributed by atoms with Crippen LogP contribution in [0.2, 0.25) is 10.0 Å². The molecule has 1 aliphatic rings. The normalized spacial score (nSPS) is 14.6. The minimum atomic E-state index is -3.95. The average molecular weight is 587 g/mol. The van der Waals surface area contributed by atoms with Gasteiger partial charge in [0.05, 0.1) is 26.2 Å². The van der Waals surface area contributed by atoms with Gasteiger partial charge >= 0.3 is 0 Å². The first-order chi connectivity index (χ1) is 17.9. The highest BCUT2D eigenvalue weighted by Crippen LogP contribution is 2.34. The fourth-order valence-electron chi connectivity index (χ4n) is 4.39. The third kappa shape index (κ3) is 7.45. The van der Waals surface area contributed by atoms with E-state index in [9.17, 15) is 18.0 Å². The fourth-order valence-corrected chi connectivity index (χ4v) is 5.71. The van der Waals surface area contributed by atoms with Gasteiger partial charge in [-0.3, -0.25) is 13.9 Å². The van der Waals surface area contributed by atoms with Gasteiger partial charge in [-0.25, -0.2) is 8.42 Å². The van der Waals surface area contributed by atoms with E-state index in [1.54, 1.807) is 37.3 Å². The van der Waals surface area contributed by atoms with E-state index in [0.29, 0.717) is 21.4 Å². The van der Waals surface area contributed by atoms with Crippen molar-refractivity contribution >= 4 is 50.7 Å². The number of hydrogen-bond donors (Lipinski definition) is 1. The highest BCUT2D eigenvalue weighted by atomic mass is 35.5. The molecule has 1 atom stereocenters. The summed E-state index contributed by atoms with van der Waals surface area (Å²) in [5.74, 6) is -0.292. The Morgan fingerprint density at radius 1 is 1.08 bits per heavy atom. The summed E-state index contributed by atoms with van der Waals surface area (Å²) in [5.41, 5.74) is 0.699. The summed E-state index contributed by atoms with van der Waals surface area (Å²) in [6.45, 7) is 1.01. The Morgan fingerprint density at radius 2 is 1.76 bits per heavy atom. The summed E-state index contributed by atoms with van der Waals surface area (Å²) in [7, 11) is -1.10. The van der Waals surface area contributed by atoms with Gasteiger partial charge in [0.25, 0.3) is 0 Å². The number of ether oxygens (including phenoxy) is 2. The number of nitrogens with one attached hydrogen (secondary N) is 1. The zero-order valence-corrected chi connectivity index (χ0v) is 24.2. The molecule has 0 spiro atoms. The zero-order valence-electron chi connectivity index (χ0n) is 21.9. The van der Waals surface area contributed by atoms with Gasteiger partial charge in [0.15, 0.2) is 0 Å². The molecule has 0 aliphatic heterocycles. The first-order valence-corrected chi connectivity index (χ1v) is 14.8. The Hall–Kier alpha value is -2.69. The zero-order chi connectivity index (χ0) is 28.0. The number of methoxy groups -OCH3 is 2. The van der Waals surface area contributed by atoms with Crippen LogP contribution in [-0.2, 0) is 26.2 Å². The number of amides is 2. The van der Waals surface area contributed by atoms with Crippen LogP contribution in [0.3, 0.4) is 0 Å². The molecule has 1 saturated carbocycles. The van der Waals surface area contributed by atoms with Gasteiger partial charge in [-0.15, -0.1) is 0 Å². The summed E-state index contributed by atoms with van der Waals surface area (Å²) in [6.07, 6.45) is 4.83. The maximum absolute atomic E-state index is 13.8. The van der Waals surface area contributed by atoms with E-state index in [0.717, 1.165) is 36.2 Å². The van der Waals surface area contributed by atoms with Gasteiger partial charge in [0, 0.05) is 28.7 Å². The van der Waals surface area contributed by atoms with Crippen LogP contribution in [0.25, 0.3) is 0 Å². The number of carbonyl (C=O) groups excluding carboxylic acids is 2. The largest absolute Gasteiger partial charge is 0.497 e. The molecule has 2 amide bonds. The van der Waals surface area contributed by atoms with Gasteiger partial charge in [0.1, 0.15) is 24.1 Å². The van der Waals surface area contributed by atoms with E-state index in [4.69, 9.17) is 32.7 Å². The molecule has 2 aromatic rings. The Kier molecular flexibility index (Phi) is 10.1. The van der Waals surface area contributed by atoms with Crippen LogP contribution in [-0.4, -0.2) is 64.2 Å². The highest BCUT2D eigenvalue weighted by molar-refractivity contribution is 7.92. The average Bonchev–Trinajstić information content (AvgIpc) is 3.38. The van der Waals surface area contributed by atoms with Crippen molar-refractivity contribution in [2.75, 3.05) is 31.3 Å². The van der Waals surface area contributed by atoms with Crippen LogP contribution in [0.4, 0.5) is 5.69 Å². The molecule has 0 unspecified atom stereocenters. The van der Waals surface area contributed by atoms with Crippen molar-refractivity contribution in [3.63, 3.8) is 0 Å². The number of carbonyl (C=O) groups is 2. The molecule has 0 radical (unpaired) electrons.